The van der Waals surface area contributed by atoms with Crippen LogP contribution in [0.4, 0.5) is 5.95 Å². The van der Waals surface area contributed by atoms with Crippen molar-refractivity contribution in [2.45, 2.75) is 33.7 Å². The fraction of sp³-hybridized carbons (Fsp3) is 0.647. The van der Waals surface area contributed by atoms with Crippen LogP contribution in [0.2, 0.25) is 0 Å². The number of piperazine rings is 1. The molecule has 0 aromatic carbocycles. The zero-order valence-electron chi connectivity index (χ0n) is 15.9. The molecule has 1 saturated heterocycles. The van der Waals surface area contributed by atoms with Crippen LogP contribution in [-0.2, 0) is 13.6 Å². The third-order valence-corrected chi connectivity index (χ3v) is 5.12. The number of hydrogen-bond donors (Lipinski definition) is 1. The lowest BCUT2D eigenvalue weighted by atomic mass is 10.3. The minimum atomic E-state index is -0.0134. The van der Waals surface area contributed by atoms with Gasteiger partial charge in [0.15, 0.2) is 10.6 Å². The van der Waals surface area contributed by atoms with Crippen molar-refractivity contribution >= 4 is 34.3 Å². The zero-order chi connectivity index (χ0) is 18.8. The maximum Gasteiger partial charge on any atom is 0.281 e. The van der Waals surface area contributed by atoms with Crippen LogP contribution in [0.25, 0.3) is 11.0 Å². The van der Waals surface area contributed by atoms with Gasteiger partial charge in [-0.2, -0.15) is 5.10 Å². The van der Waals surface area contributed by atoms with E-state index in [0.717, 1.165) is 55.9 Å². The number of aryl methyl sites for hydroxylation is 2. The van der Waals surface area contributed by atoms with Crippen molar-refractivity contribution in [1.82, 2.24) is 29.5 Å². The molecule has 0 unspecified atom stereocenters. The van der Waals surface area contributed by atoms with Gasteiger partial charge in [0.25, 0.3) is 5.56 Å². The van der Waals surface area contributed by atoms with Gasteiger partial charge in [0, 0.05) is 46.3 Å². The maximum absolute atomic E-state index is 13.1. The third-order valence-electron chi connectivity index (χ3n) is 4.72. The Morgan fingerprint density at radius 3 is 2.54 bits per heavy atom. The molecule has 9 heteroatoms. The average Bonchev–Trinajstić information content (AvgIpc) is 2.91. The van der Waals surface area contributed by atoms with Gasteiger partial charge in [0.05, 0.1) is 5.69 Å². The summed E-state index contributed by atoms with van der Waals surface area (Å²) >= 11 is 5.41. The van der Waals surface area contributed by atoms with Crippen LogP contribution in [0.3, 0.4) is 0 Å². The third kappa shape index (κ3) is 3.27. The van der Waals surface area contributed by atoms with Gasteiger partial charge in [0.1, 0.15) is 5.52 Å². The van der Waals surface area contributed by atoms with Crippen LogP contribution in [0, 0.1) is 6.92 Å². The number of thiocarbonyl (C=S) groups is 1. The molecule has 0 aliphatic carbocycles. The van der Waals surface area contributed by atoms with Crippen molar-refractivity contribution in [3.63, 3.8) is 0 Å². The molecule has 0 saturated carbocycles. The Labute approximate surface area is 158 Å². The number of nitrogens with one attached hydrogen (secondary N) is 1. The van der Waals surface area contributed by atoms with Crippen LogP contribution in [0.5, 0.6) is 0 Å². The summed E-state index contributed by atoms with van der Waals surface area (Å²) in [6, 6.07) is 0. The highest BCUT2D eigenvalue weighted by Crippen LogP contribution is 2.19. The van der Waals surface area contributed by atoms with Crippen molar-refractivity contribution in [3.05, 3.63) is 16.0 Å². The molecule has 1 aliphatic rings. The van der Waals surface area contributed by atoms with E-state index >= 15 is 0 Å². The SMILES string of the molecule is CCCn1c(N2CCN(C(=S)NCC)CC2)nc2c(C)nn(C)c2c1=O. The molecule has 3 rings (SSSR count). The molecule has 0 radical (unpaired) electrons. The van der Waals surface area contributed by atoms with Crippen LogP contribution in [-0.4, -0.2) is 62.1 Å². The largest absolute Gasteiger partial charge is 0.363 e. The second kappa shape index (κ2) is 7.61. The highest BCUT2D eigenvalue weighted by atomic mass is 32.1. The molecule has 0 atom stereocenters. The van der Waals surface area contributed by atoms with Crippen LogP contribution in [0.1, 0.15) is 26.0 Å². The second-order valence-corrected chi connectivity index (χ2v) is 6.97. The lowest BCUT2D eigenvalue weighted by molar-refractivity contribution is 0.375. The summed E-state index contributed by atoms with van der Waals surface area (Å²) < 4.78 is 3.43. The van der Waals surface area contributed by atoms with Gasteiger partial charge in [-0.1, -0.05) is 6.92 Å². The molecule has 2 aromatic rings. The average molecular weight is 378 g/mol. The number of aromatic nitrogens is 4. The van der Waals surface area contributed by atoms with E-state index in [9.17, 15) is 4.79 Å². The second-order valence-electron chi connectivity index (χ2n) is 6.58. The van der Waals surface area contributed by atoms with E-state index in [2.05, 4.69) is 27.1 Å². The van der Waals surface area contributed by atoms with Gasteiger partial charge < -0.3 is 15.1 Å². The minimum Gasteiger partial charge on any atom is -0.363 e. The van der Waals surface area contributed by atoms with E-state index in [0.29, 0.717) is 17.6 Å². The monoisotopic (exact) mass is 377 g/mol. The summed E-state index contributed by atoms with van der Waals surface area (Å²) in [4.78, 5) is 22.3. The number of rotatable bonds is 4. The molecule has 0 bridgehead atoms. The molecule has 1 aliphatic heterocycles. The van der Waals surface area contributed by atoms with E-state index in [4.69, 9.17) is 17.2 Å². The Hall–Kier alpha value is -2.16. The van der Waals surface area contributed by atoms with Crippen molar-refractivity contribution in [2.24, 2.45) is 7.05 Å². The number of hydrogen-bond acceptors (Lipinski definition) is 5. The van der Waals surface area contributed by atoms with Crippen LogP contribution < -0.4 is 15.8 Å². The lowest BCUT2D eigenvalue weighted by Gasteiger charge is -2.37. The van der Waals surface area contributed by atoms with Gasteiger partial charge in [-0.15, -0.1) is 0 Å². The maximum atomic E-state index is 13.1. The fourth-order valence-corrected chi connectivity index (χ4v) is 3.77. The van der Waals surface area contributed by atoms with Crippen molar-refractivity contribution < 1.29 is 0 Å². The van der Waals surface area contributed by atoms with E-state index in [1.54, 1.807) is 16.3 Å². The van der Waals surface area contributed by atoms with E-state index in [-0.39, 0.29) is 5.56 Å². The molecule has 1 N–H and O–H groups in total. The molecular formula is C17H27N7OS. The molecule has 3 heterocycles. The molecular weight excluding hydrogens is 350 g/mol. The first-order valence-electron chi connectivity index (χ1n) is 9.19. The van der Waals surface area contributed by atoms with Crippen molar-refractivity contribution in [2.75, 3.05) is 37.6 Å². The number of nitrogens with zero attached hydrogens (tertiary/aromatic N) is 6. The fourth-order valence-electron chi connectivity index (χ4n) is 3.44. The first kappa shape index (κ1) is 18.6. The van der Waals surface area contributed by atoms with E-state index in [1.165, 1.54) is 0 Å². The molecule has 26 heavy (non-hydrogen) atoms. The number of anilines is 1. The predicted molar refractivity (Wildman–Crippen MR) is 108 cm³/mol. The normalized spacial score (nSPS) is 14.9. The minimum absolute atomic E-state index is 0.0134. The molecule has 142 valence electrons. The summed E-state index contributed by atoms with van der Waals surface area (Å²) in [7, 11) is 1.80. The highest BCUT2D eigenvalue weighted by molar-refractivity contribution is 7.80. The van der Waals surface area contributed by atoms with Gasteiger partial charge in [0.2, 0.25) is 5.95 Å². The van der Waals surface area contributed by atoms with Gasteiger partial charge in [-0.3, -0.25) is 14.0 Å². The standard InChI is InChI=1S/C17H27N7OS/c1-5-7-24-15(25)14-13(12(3)20-21(14)4)19-16(24)22-8-10-23(11-9-22)17(26)18-6-2/h5-11H2,1-4H3,(H,18,26). The lowest BCUT2D eigenvalue weighted by Crippen LogP contribution is -2.52. The summed E-state index contributed by atoms with van der Waals surface area (Å²) in [5.41, 5.74) is 2.05. The van der Waals surface area contributed by atoms with Crippen molar-refractivity contribution in [3.8, 4) is 0 Å². The van der Waals surface area contributed by atoms with Gasteiger partial charge in [-0.05, 0) is 32.5 Å². The Bertz CT molecular complexity index is 864. The molecule has 8 nitrogen and oxygen atoms in total. The Morgan fingerprint density at radius 2 is 1.92 bits per heavy atom. The number of fused-ring (bicyclic) bond motifs is 1. The predicted octanol–water partition coefficient (Wildman–Crippen LogP) is 0.865. The quantitative estimate of drug-likeness (QED) is 0.793. The highest BCUT2D eigenvalue weighted by Gasteiger charge is 2.24. The molecule has 2 aromatic heterocycles. The summed E-state index contributed by atoms with van der Waals surface area (Å²) in [6.45, 7) is 10.7. The Morgan fingerprint density at radius 1 is 1.23 bits per heavy atom. The van der Waals surface area contributed by atoms with Gasteiger partial charge in [-0.25, -0.2) is 4.98 Å². The van der Waals surface area contributed by atoms with Gasteiger partial charge >= 0.3 is 0 Å². The van der Waals surface area contributed by atoms with Crippen molar-refractivity contribution in [1.29, 1.82) is 0 Å². The summed E-state index contributed by atoms with van der Waals surface area (Å²) in [6.07, 6.45) is 0.876. The Balaban J connectivity index is 1.95. The zero-order valence-corrected chi connectivity index (χ0v) is 16.8. The van der Waals surface area contributed by atoms with Crippen LogP contribution >= 0.6 is 12.2 Å². The first-order chi connectivity index (χ1) is 12.5. The smallest absolute Gasteiger partial charge is 0.281 e. The van der Waals surface area contributed by atoms with E-state index in [1.807, 2.05) is 13.8 Å². The molecule has 1 fully saturated rings. The van der Waals surface area contributed by atoms with E-state index < -0.39 is 0 Å². The summed E-state index contributed by atoms with van der Waals surface area (Å²) in [5.74, 6) is 0.745. The Kier molecular flexibility index (Phi) is 5.45. The molecule has 0 amide bonds. The molecule has 0 spiro atoms. The topological polar surface area (TPSA) is 71.2 Å². The van der Waals surface area contributed by atoms with Crippen LogP contribution in [0.15, 0.2) is 4.79 Å². The summed E-state index contributed by atoms with van der Waals surface area (Å²) in [5, 5.41) is 8.38. The first-order valence-corrected chi connectivity index (χ1v) is 9.60.